The molecule has 0 aliphatic heterocycles. The number of hydrogen-bond acceptors (Lipinski definition) is 1. The lowest BCUT2D eigenvalue weighted by Gasteiger charge is -2.17. The van der Waals surface area contributed by atoms with E-state index in [2.05, 4.69) is 4.98 Å². The van der Waals surface area contributed by atoms with Crippen LogP contribution in [0.3, 0.4) is 0 Å². The molecule has 5 heteroatoms. The van der Waals surface area contributed by atoms with Crippen LogP contribution in [0.1, 0.15) is 42.4 Å². The van der Waals surface area contributed by atoms with Gasteiger partial charge in [-0.2, -0.15) is 13.2 Å². The highest BCUT2D eigenvalue weighted by molar-refractivity contribution is 5.44. The van der Waals surface area contributed by atoms with E-state index >= 15 is 0 Å². The van der Waals surface area contributed by atoms with Crippen LogP contribution in [0.5, 0.6) is 0 Å². The first-order chi connectivity index (χ1) is 9.20. The van der Waals surface area contributed by atoms with Crippen molar-refractivity contribution < 1.29 is 13.2 Å². The minimum atomic E-state index is -4.35. The first-order valence-corrected chi connectivity index (χ1v) is 6.44. The third-order valence-corrected chi connectivity index (χ3v) is 3.25. The first kappa shape index (κ1) is 14.6. The van der Waals surface area contributed by atoms with Crippen molar-refractivity contribution in [2.24, 2.45) is 0 Å². The van der Waals surface area contributed by atoms with E-state index in [9.17, 15) is 13.2 Å². The number of rotatable bonds is 2. The molecule has 0 saturated carbocycles. The van der Waals surface area contributed by atoms with Gasteiger partial charge in [-0.1, -0.05) is 19.9 Å². The Balaban J connectivity index is 2.61. The van der Waals surface area contributed by atoms with Gasteiger partial charge in [0.25, 0.3) is 0 Å². The molecule has 0 amide bonds. The van der Waals surface area contributed by atoms with E-state index in [-0.39, 0.29) is 5.92 Å². The summed E-state index contributed by atoms with van der Waals surface area (Å²) in [4.78, 5) is 4.22. The van der Waals surface area contributed by atoms with Crippen LogP contribution in [0.4, 0.5) is 13.2 Å². The molecule has 0 spiro atoms. The van der Waals surface area contributed by atoms with Gasteiger partial charge in [-0.25, -0.2) is 4.98 Å². The van der Waals surface area contributed by atoms with Gasteiger partial charge in [0.05, 0.1) is 11.3 Å². The number of hydrogen-bond donors (Lipinski definition) is 0. The second kappa shape index (κ2) is 4.96. The molecular weight excluding hydrogens is 265 g/mol. The van der Waals surface area contributed by atoms with Crippen molar-refractivity contribution >= 4 is 0 Å². The molecule has 1 aromatic carbocycles. The SMILES string of the molecule is Cc1cn(-c2ccc(C(C)C)c(C(F)(F)F)c2)c(C)n1. The highest BCUT2D eigenvalue weighted by Crippen LogP contribution is 2.36. The third kappa shape index (κ3) is 2.71. The molecule has 0 radical (unpaired) electrons. The zero-order chi connectivity index (χ0) is 15.1. The molecule has 0 saturated heterocycles. The summed E-state index contributed by atoms with van der Waals surface area (Å²) in [7, 11) is 0. The van der Waals surface area contributed by atoms with E-state index in [1.54, 1.807) is 43.7 Å². The summed E-state index contributed by atoms with van der Waals surface area (Å²) in [5.41, 5.74) is 1.01. The number of benzene rings is 1. The van der Waals surface area contributed by atoms with Gasteiger partial charge in [0.1, 0.15) is 5.82 Å². The van der Waals surface area contributed by atoms with Crippen molar-refractivity contribution in [3.8, 4) is 5.69 Å². The molecule has 0 unspecified atom stereocenters. The van der Waals surface area contributed by atoms with Crippen LogP contribution in [-0.2, 0) is 6.18 Å². The summed E-state index contributed by atoms with van der Waals surface area (Å²) < 4.78 is 41.2. The molecule has 0 bridgehead atoms. The maximum Gasteiger partial charge on any atom is 0.416 e. The monoisotopic (exact) mass is 282 g/mol. The molecule has 0 aliphatic rings. The van der Waals surface area contributed by atoms with Gasteiger partial charge in [-0.15, -0.1) is 0 Å². The third-order valence-electron chi connectivity index (χ3n) is 3.25. The van der Waals surface area contributed by atoms with Crippen LogP contribution in [0.25, 0.3) is 5.69 Å². The molecule has 2 aromatic rings. The predicted octanol–water partition coefficient (Wildman–Crippen LogP) is 4.63. The number of aryl methyl sites for hydroxylation is 2. The lowest BCUT2D eigenvalue weighted by Crippen LogP contribution is -2.11. The molecule has 108 valence electrons. The summed E-state index contributed by atoms with van der Waals surface area (Å²) >= 11 is 0. The maximum atomic E-state index is 13.2. The summed E-state index contributed by atoms with van der Waals surface area (Å²) in [5.74, 6) is 0.499. The number of alkyl halides is 3. The van der Waals surface area contributed by atoms with E-state index < -0.39 is 11.7 Å². The fraction of sp³-hybridized carbons (Fsp3) is 0.400. The Labute approximate surface area is 116 Å². The van der Waals surface area contributed by atoms with Gasteiger partial charge >= 0.3 is 6.18 Å². The van der Waals surface area contributed by atoms with E-state index in [0.717, 1.165) is 5.69 Å². The Bertz CT molecular complexity index is 625. The van der Waals surface area contributed by atoms with Gasteiger partial charge in [0, 0.05) is 11.9 Å². The number of halogens is 3. The summed E-state index contributed by atoms with van der Waals surface area (Å²) in [6.07, 6.45) is -2.61. The van der Waals surface area contributed by atoms with Crippen molar-refractivity contribution in [3.63, 3.8) is 0 Å². The van der Waals surface area contributed by atoms with Crippen LogP contribution in [0.15, 0.2) is 24.4 Å². The van der Waals surface area contributed by atoms with Gasteiger partial charge in [-0.3, -0.25) is 0 Å². The molecule has 2 rings (SSSR count). The fourth-order valence-corrected chi connectivity index (χ4v) is 2.32. The van der Waals surface area contributed by atoms with Crippen LogP contribution in [-0.4, -0.2) is 9.55 Å². The maximum absolute atomic E-state index is 13.2. The fourth-order valence-electron chi connectivity index (χ4n) is 2.32. The van der Waals surface area contributed by atoms with Gasteiger partial charge in [-0.05, 0) is 37.5 Å². The average molecular weight is 282 g/mol. The number of nitrogens with zero attached hydrogens (tertiary/aromatic N) is 2. The molecule has 20 heavy (non-hydrogen) atoms. The Morgan fingerprint density at radius 2 is 1.80 bits per heavy atom. The first-order valence-electron chi connectivity index (χ1n) is 6.44. The molecule has 0 atom stereocenters. The topological polar surface area (TPSA) is 17.8 Å². The highest BCUT2D eigenvalue weighted by Gasteiger charge is 2.34. The van der Waals surface area contributed by atoms with Crippen molar-refractivity contribution in [2.45, 2.75) is 39.8 Å². The quantitative estimate of drug-likeness (QED) is 0.785. The van der Waals surface area contributed by atoms with Crippen molar-refractivity contribution in [1.29, 1.82) is 0 Å². The predicted molar refractivity (Wildman–Crippen MR) is 72.1 cm³/mol. The lowest BCUT2D eigenvalue weighted by atomic mass is 9.96. The van der Waals surface area contributed by atoms with E-state index in [4.69, 9.17) is 0 Å². The Morgan fingerprint density at radius 1 is 1.15 bits per heavy atom. The lowest BCUT2D eigenvalue weighted by molar-refractivity contribution is -0.138. The molecular formula is C15H17F3N2. The number of imidazole rings is 1. The van der Waals surface area contributed by atoms with Crippen LogP contribution in [0.2, 0.25) is 0 Å². The minimum absolute atomic E-state index is 0.175. The van der Waals surface area contributed by atoms with Crippen molar-refractivity contribution in [2.75, 3.05) is 0 Å². The Hall–Kier alpha value is -1.78. The van der Waals surface area contributed by atoms with Crippen LogP contribution < -0.4 is 0 Å². The van der Waals surface area contributed by atoms with Crippen molar-refractivity contribution in [3.05, 3.63) is 47.0 Å². The molecule has 1 heterocycles. The summed E-state index contributed by atoms with van der Waals surface area (Å²) in [6, 6.07) is 4.46. The molecule has 2 nitrogen and oxygen atoms in total. The summed E-state index contributed by atoms with van der Waals surface area (Å²) in [5, 5.41) is 0. The average Bonchev–Trinajstić information content (AvgIpc) is 2.66. The molecule has 0 fully saturated rings. The second-order valence-corrected chi connectivity index (χ2v) is 5.22. The highest BCUT2D eigenvalue weighted by atomic mass is 19.4. The zero-order valence-corrected chi connectivity index (χ0v) is 11.9. The van der Waals surface area contributed by atoms with Gasteiger partial charge in [0.15, 0.2) is 0 Å². The smallest absolute Gasteiger partial charge is 0.304 e. The van der Waals surface area contributed by atoms with E-state index in [1.165, 1.54) is 6.07 Å². The van der Waals surface area contributed by atoms with E-state index in [0.29, 0.717) is 17.1 Å². The molecule has 1 aromatic heterocycles. The molecule has 0 aliphatic carbocycles. The van der Waals surface area contributed by atoms with Crippen LogP contribution >= 0.6 is 0 Å². The Kier molecular flexibility index (Phi) is 3.63. The largest absolute Gasteiger partial charge is 0.416 e. The van der Waals surface area contributed by atoms with Gasteiger partial charge < -0.3 is 4.57 Å². The zero-order valence-electron chi connectivity index (χ0n) is 11.9. The van der Waals surface area contributed by atoms with Crippen LogP contribution in [0, 0.1) is 13.8 Å². The molecule has 0 N–H and O–H groups in total. The van der Waals surface area contributed by atoms with E-state index in [1.807, 2.05) is 6.92 Å². The number of aromatic nitrogens is 2. The summed E-state index contributed by atoms with van der Waals surface area (Å²) in [6.45, 7) is 7.11. The normalized spacial score (nSPS) is 12.2. The van der Waals surface area contributed by atoms with Gasteiger partial charge in [0.2, 0.25) is 0 Å². The second-order valence-electron chi connectivity index (χ2n) is 5.22. The standard InChI is InChI=1S/C15H17F3N2/c1-9(2)13-6-5-12(7-14(13)15(16,17)18)20-8-10(3)19-11(20)4/h5-9H,1-4H3. The van der Waals surface area contributed by atoms with Crippen molar-refractivity contribution in [1.82, 2.24) is 9.55 Å². The minimum Gasteiger partial charge on any atom is -0.304 e. The Morgan fingerprint density at radius 3 is 2.25 bits per heavy atom.